The van der Waals surface area contributed by atoms with Crippen LogP contribution in [0.25, 0.3) is 0 Å². The van der Waals surface area contributed by atoms with E-state index >= 15 is 0 Å². The quantitative estimate of drug-likeness (QED) is 0.218. The van der Waals surface area contributed by atoms with Crippen LogP contribution < -0.4 is 30.6 Å². The largest absolute Gasteiger partial charge is 2.00 e. The Hall–Kier alpha value is 0.279. The van der Waals surface area contributed by atoms with Gasteiger partial charge in [-0.2, -0.15) is 0 Å². The number of carbonyl (C=O) groups excluding carboxylic acids is 6. The van der Waals surface area contributed by atoms with Crippen LogP contribution in [0.5, 0.6) is 0 Å². The van der Waals surface area contributed by atoms with Gasteiger partial charge in [0.1, 0.15) is 11.2 Å². The molecule has 20 nitrogen and oxygen atoms in total. The molecule has 0 unspecified atom stereocenters. The van der Waals surface area contributed by atoms with E-state index in [-0.39, 0.29) is 146 Å². The smallest absolute Gasteiger partial charge is 0.550 e. The molecule has 35 heavy (non-hydrogen) atoms. The maximum Gasteiger partial charge on any atom is 2.00 e. The number of hydrogen-bond acceptors (Lipinski definition) is 14. The topological polar surface area (TPSA) is 470 Å². The summed E-state index contributed by atoms with van der Waals surface area (Å²) in [6, 6.07) is 0. The van der Waals surface area contributed by atoms with Gasteiger partial charge in [-0.25, -0.2) is 0 Å². The Morgan fingerprint density at radius 3 is 0.600 bits per heavy atom. The van der Waals surface area contributed by atoms with Gasteiger partial charge in [0.2, 0.25) is 0 Å². The SMILES string of the molecule is O.O.O.O.O.O.O=C([O-])CC(O)(CC(=O)[O-])C(=O)[O-].O=C([O-])CC(O)(CC(=O)[O-])C(=O)[O-].[Ca+2].[Ca+2].[Ca+2]. The molecule has 0 aromatic heterocycles. The Balaban J connectivity index is -0.0000000291. The molecule has 0 saturated heterocycles. The van der Waals surface area contributed by atoms with E-state index in [0.717, 1.165) is 0 Å². The number of carboxylic acid groups (broad SMARTS) is 6. The molecule has 196 valence electrons. The maximum absolute atomic E-state index is 10.1. The zero-order valence-electron chi connectivity index (χ0n) is 17.7. The van der Waals surface area contributed by atoms with Crippen molar-refractivity contribution < 1.29 is 102 Å². The second-order valence-corrected chi connectivity index (χ2v) is 4.83. The molecule has 0 aromatic carbocycles. The Labute approximate surface area is 284 Å². The first-order valence-electron chi connectivity index (χ1n) is 6.23. The van der Waals surface area contributed by atoms with Crippen molar-refractivity contribution in [3.05, 3.63) is 0 Å². The summed E-state index contributed by atoms with van der Waals surface area (Å²) in [5, 5.41) is 77.9. The van der Waals surface area contributed by atoms with Crippen molar-refractivity contribution in [3.8, 4) is 0 Å². The number of carboxylic acids is 6. The standard InChI is InChI=1S/2C6H8O7.3Ca.6H2O/c2*7-3(8)1-6(13,5(11)12)2-4(9)10;;;;;;;;;/h2*13H,1-2H2,(H,7,8)(H,9,10)(H,11,12);;;;6*1H2/q;;3*+2;;;;;;/p-6. The fourth-order valence-electron chi connectivity index (χ4n) is 1.37. The summed E-state index contributed by atoms with van der Waals surface area (Å²) < 4.78 is 0. The molecular weight excluding hydrogens is 584 g/mol. The number of rotatable bonds is 10. The van der Waals surface area contributed by atoms with Gasteiger partial charge in [-0.1, -0.05) is 0 Å². The number of carbonyl (C=O) groups is 6. The molecule has 0 atom stereocenters. The molecule has 0 radical (unpaired) electrons. The van der Waals surface area contributed by atoms with E-state index in [1.54, 1.807) is 0 Å². The van der Waals surface area contributed by atoms with Gasteiger partial charge in [0.05, 0.1) is 11.9 Å². The van der Waals surface area contributed by atoms with Gasteiger partial charge >= 0.3 is 113 Å². The van der Waals surface area contributed by atoms with Crippen LogP contribution in [0.1, 0.15) is 25.7 Å². The van der Waals surface area contributed by atoms with Gasteiger partial charge in [-0.3, -0.25) is 0 Å². The molecule has 0 bridgehead atoms. The molecule has 14 N–H and O–H groups in total. The molecule has 0 spiro atoms. The molecule has 0 saturated carbocycles. The van der Waals surface area contributed by atoms with Crippen molar-refractivity contribution in [2.45, 2.75) is 36.9 Å². The summed E-state index contributed by atoms with van der Waals surface area (Å²) in [5.41, 5.74) is -5.95. The van der Waals surface area contributed by atoms with E-state index in [4.69, 9.17) is 10.2 Å². The number of aliphatic hydroxyl groups is 2. The van der Waals surface area contributed by atoms with Crippen LogP contribution in [-0.2, 0) is 28.8 Å². The zero-order valence-corrected chi connectivity index (χ0v) is 24.4. The minimum atomic E-state index is -2.97. The summed E-state index contributed by atoms with van der Waals surface area (Å²) >= 11 is 0. The van der Waals surface area contributed by atoms with Crippen LogP contribution in [-0.4, -0.2) is 203 Å². The molecule has 0 aliphatic heterocycles. The van der Waals surface area contributed by atoms with Crippen molar-refractivity contribution in [1.29, 1.82) is 0 Å². The number of aliphatic carboxylic acids is 6. The van der Waals surface area contributed by atoms with E-state index in [9.17, 15) is 59.4 Å². The molecule has 0 fully saturated rings. The Bertz CT molecular complexity index is 526. The van der Waals surface area contributed by atoms with Crippen molar-refractivity contribution in [3.63, 3.8) is 0 Å². The normalized spacial score (nSPS) is 8.06. The third-order valence-corrected chi connectivity index (χ3v) is 2.51. The molecule has 0 aromatic rings. The average Bonchev–Trinajstić information content (AvgIpc) is 2.34. The molecule has 23 heteroatoms. The van der Waals surface area contributed by atoms with Crippen LogP contribution in [0.2, 0.25) is 0 Å². The first-order chi connectivity index (χ1) is 11.6. The summed E-state index contributed by atoms with van der Waals surface area (Å²) in [4.78, 5) is 60.0. The minimum Gasteiger partial charge on any atom is -0.550 e. The van der Waals surface area contributed by atoms with E-state index < -0.39 is 72.7 Å². The second-order valence-electron chi connectivity index (χ2n) is 4.83. The molecule has 0 aliphatic rings. The first-order valence-corrected chi connectivity index (χ1v) is 6.23. The van der Waals surface area contributed by atoms with Crippen molar-refractivity contribution in [2.24, 2.45) is 0 Å². The van der Waals surface area contributed by atoms with Crippen LogP contribution in [0, 0.1) is 0 Å². The van der Waals surface area contributed by atoms with Gasteiger partial charge < -0.3 is 102 Å². The average molecular weight is 607 g/mol. The maximum atomic E-state index is 10.1. The monoisotopic (exact) mass is 606 g/mol. The fraction of sp³-hybridized carbons (Fsp3) is 0.500. The van der Waals surface area contributed by atoms with Gasteiger partial charge in [-0.15, -0.1) is 0 Å². The number of hydrogen-bond donors (Lipinski definition) is 2. The predicted molar refractivity (Wildman–Crippen MR) is 97.4 cm³/mol. The van der Waals surface area contributed by atoms with Gasteiger partial charge in [-0.05, 0) is 0 Å². The third-order valence-electron chi connectivity index (χ3n) is 2.51. The van der Waals surface area contributed by atoms with Gasteiger partial charge in [0.25, 0.3) is 0 Å². The van der Waals surface area contributed by atoms with Crippen LogP contribution in [0.4, 0.5) is 0 Å². The van der Waals surface area contributed by atoms with E-state index in [1.165, 1.54) is 0 Å². The van der Waals surface area contributed by atoms with E-state index in [1.807, 2.05) is 0 Å². The van der Waals surface area contributed by atoms with E-state index in [0.29, 0.717) is 0 Å². The van der Waals surface area contributed by atoms with Crippen LogP contribution in [0.15, 0.2) is 0 Å². The summed E-state index contributed by atoms with van der Waals surface area (Å²) in [6.07, 6.45) is -5.43. The van der Waals surface area contributed by atoms with Crippen molar-refractivity contribution in [2.75, 3.05) is 0 Å². The Kier molecular flexibility index (Phi) is 64.9. The zero-order chi connectivity index (χ0) is 21.3. The van der Waals surface area contributed by atoms with E-state index in [2.05, 4.69) is 0 Å². The summed E-state index contributed by atoms with van der Waals surface area (Å²) in [6.45, 7) is 0. The summed E-state index contributed by atoms with van der Waals surface area (Å²) in [5.74, 6) is -12.0. The van der Waals surface area contributed by atoms with Crippen molar-refractivity contribution in [1.82, 2.24) is 0 Å². The Morgan fingerprint density at radius 1 is 0.429 bits per heavy atom. The first kappa shape index (κ1) is 70.3. The van der Waals surface area contributed by atoms with Gasteiger partial charge in [0.15, 0.2) is 0 Å². The predicted octanol–water partition coefficient (Wildman–Crippen LogP) is -16.6. The minimum absolute atomic E-state index is 0. The summed E-state index contributed by atoms with van der Waals surface area (Å²) in [7, 11) is 0. The van der Waals surface area contributed by atoms with Gasteiger partial charge in [0, 0.05) is 49.6 Å². The molecular formula is C12H22Ca3O20. The fourth-order valence-corrected chi connectivity index (χ4v) is 1.37. The third kappa shape index (κ3) is 34.3. The van der Waals surface area contributed by atoms with Crippen LogP contribution >= 0.6 is 0 Å². The Morgan fingerprint density at radius 2 is 0.543 bits per heavy atom. The molecule has 0 rings (SSSR count). The van der Waals surface area contributed by atoms with Crippen LogP contribution in [0.3, 0.4) is 0 Å². The second kappa shape index (κ2) is 32.3. The van der Waals surface area contributed by atoms with Crippen molar-refractivity contribution >= 4 is 149 Å². The molecule has 0 aliphatic carbocycles. The molecule has 0 heterocycles. The molecule has 0 amide bonds.